The Morgan fingerprint density at radius 1 is 1.45 bits per heavy atom. The normalized spacial score (nSPS) is 12.3. The monoisotopic (exact) mass is 297 g/mol. The highest BCUT2D eigenvalue weighted by Gasteiger charge is 2.09. The maximum Gasteiger partial charge on any atom is 0.229 e. The highest BCUT2D eigenvalue weighted by molar-refractivity contribution is 7.92. The van der Waals surface area contributed by atoms with Crippen molar-refractivity contribution >= 4 is 21.4 Å². The predicted octanol–water partition coefficient (Wildman–Crippen LogP) is 2.03. The minimum absolute atomic E-state index is 0.105. The molecule has 20 heavy (non-hydrogen) atoms. The predicted molar refractivity (Wildman–Crippen MR) is 79.3 cm³/mol. The molecule has 1 aromatic carbocycles. The van der Waals surface area contributed by atoms with Gasteiger partial charge in [-0.15, -0.1) is 0 Å². The summed E-state index contributed by atoms with van der Waals surface area (Å²) < 4.78 is 30.0. The molecule has 6 nitrogen and oxygen atoms in total. The van der Waals surface area contributed by atoms with E-state index in [9.17, 15) is 8.42 Å². The van der Waals surface area contributed by atoms with Gasteiger partial charge in [0, 0.05) is 6.54 Å². The van der Waals surface area contributed by atoms with E-state index in [1.807, 2.05) is 6.92 Å². The molecule has 7 heteroatoms. The molecule has 0 aliphatic heterocycles. The molecule has 1 rings (SSSR count). The number of anilines is 2. The van der Waals surface area contributed by atoms with E-state index in [1.165, 1.54) is 7.11 Å². The number of rotatable bonds is 7. The van der Waals surface area contributed by atoms with E-state index >= 15 is 0 Å². The molecule has 1 atom stereocenters. The number of nitriles is 1. The third-order valence-corrected chi connectivity index (χ3v) is 3.32. The number of nitrogens with zero attached hydrogens (tertiary/aromatic N) is 1. The number of hydrogen-bond acceptors (Lipinski definition) is 5. The maximum absolute atomic E-state index is 11.2. The minimum atomic E-state index is -3.33. The maximum atomic E-state index is 11.2. The van der Waals surface area contributed by atoms with Gasteiger partial charge >= 0.3 is 0 Å². The molecular formula is C13H19N3O3S. The Bertz CT molecular complexity index is 593. The van der Waals surface area contributed by atoms with Crippen molar-refractivity contribution in [2.24, 2.45) is 5.92 Å². The van der Waals surface area contributed by atoms with Gasteiger partial charge in [-0.25, -0.2) is 8.42 Å². The summed E-state index contributed by atoms with van der Waals surface area (Å²) in [6.07, 6.45) is 1.83. The lowest BCUT2D eigenvalue weighted by Gasteiger charge is -2.14. The summed E-state index contributed by atoms with van der Waals surface area (Å²) in [7, 11) is -1.79. The first-order chi connectivity index (χ1) is 9.39. The Labute approximate surface area is 119 Å². The van der Waals surface area contributed by atoms with Crippen LogP contribution in [0.1, 0.15) is 13.3 Å². The molecular weight excluding hydrogens is 278 g/mol. The lowest BCUT2D eigenvalue weighted by molar-refractivity contribution is 0.416. The van der Waals surface area contributed by atoms with Crippen LogP contribution in [-0.2, 0) is 10.0 Å². The summed E-state index contributed by atoms with van der Waals surface area (Å²) >= 11 is 0. The Balaban J connectivity index is 2.92. The van der Waals surface area contributed by atoms with Crippen LogP contribution in [0.5, 0.6) is 5.75 Å². The third-order valence-electron chi connectivity index (χ3n) is 2.72. The van der Waals surface area contributed by atoms with Gasteiger partial charge < -0.3 is 10.1 Å². The lowest BCUT2D eigenvalue weighted by atomic mass is 10.1. The van der Waals surface area contributed by atoms with Gasteiger partial charge in [0.2, 0.25) is 10.0 Å². The van der Waals surface area contributed by atoms with Crippen molar-refractivity contribution in [1.82, 2.24) is 0 Å². The number of sulfonamides is 1. The van der Waals surface area contributed by atoms with E-state index in [2.05, 4.69) is 16.1 Å². The average Bonchev–Trinajstić information content (AvgIpc) is 2.38. The summed E-state index contributed by atoms with van der Waals surface area (Å²) in [6.45, 7) is 2.42. The van der Waals surface area contributed by atoms with Crippen molar-refractivity contribution in [3.05, 3.63) is 18.2 Å². The smallest absolute Gasteiger partial charge is 0.229 e. The Morgan fingerprint density at radius 2 is 2.15 bits per heavy atom. The van der Waals surface area contributed by atoms with Gasteiger partial charge in [0.15, 0.2) is 0 Å². The molecule has 2 N–H and O–H groups in total. The number of benzene rings is 1. The van der Waals surface area contributed by atoms with E-state index in [4.69, 9.17) is 10.00 Å². The highest BCUT2D eigenvalue weighted by atomic mass is 32.2. The summed E-state index contributed by atoms with van der Waals surface area (Å²) in [6, 6.07) is 7.13. The third kappa shape index (κ3) is 4.97. The molecule has 0 aromatic heterocycles. The standard InChI is InChI=1S/C13H19N3O3S/c1-4-10(8-14)9-15-12-7-11(16-20(3,17)18)5-6-13(12)19-2/h5-7,10,15-16H,4,9H2,1-3H3. The van der Waals surface area contributed by atoms with Crippen LogP contribution in [0.2, 0.25) is 0 Å². The fourth-order valence-electron chi connectivity index (χ4n) is 1.64. The highest BCUT2D eigenvalue weighted by Crippen LogP contribution is 2.28. The van der Waals surface area contributed by atoms with E-state index in [-0.39, 0.29) is 5.92 Å². The molecule has 0 fully saturated rings. The zero-order chi connectivity index (χ0) is 15.2. The summed E-state index contributed by atoms with van der Waals surface area (Å²) in [5, 5.41) is 12.0. The first kappa shape index (κ1) is 16.1. The fourth-order valence-corrected chi connectivity index (χ4v) is 2.19. The van der Waals surface area contributed by atoms with Crippen molar-refractivity contribution < 1.29 is 13.2 Å². The fraction of sp³-hybridized carbons (Fsp3) is 0.462. The van der Waals surface area contributed by atoms with Crippen molar-refractivity contribution in [2.45, 2.75) is 13.3 Å². The van der Waals surface area contributed by atoms with E-state index < -0.39 is 10.0 Å². The number of ether oxygens (including phenoxy) is 1. The van der Waals surface area contributed by atoms with Crippen LogP contribution >= 0.6 is 0 Å². The number of methoxy groups -OCH3 is 1. The second kappa shape index (κ2) is 7.01. The van der Waals surface area contributed by atoms with Crippen LogP contribution in [0.4, 0.5) is 11.4 Å². The van der Waals surface area contributed by atoms with Crippen LogP contribution < -0.4 is 14.8 Å². The van der Waals surface area contributed by atoms with Crippen LogP contribution in [0.25, 0.3) is 0 Å². The lowest BCUT2D eigenvalue weighted by Crippen LogP contribution is -2.13. The van der Waals surface area contributed by atoms with Crippen molar-refractivity contribution in [3.63, 3.8) is 0 Å². The summed E-state index contributed by atoms with van der Waals surface area (Å²) in [5.74, 6) is 0.489. The molecule has 0 bridgehead atoms. The van der Waals surface area contributed by atoms with Gasteiger partial charge in [-0.05, 0) is 24.6 Å². The molecule has 0 radical (unpaired) electrons. The molecule has 0 spiro atoms. The van der Waals surface area contributed by atoms with Gasteiger partial charge in [0.1, 0.15) is 5.75 Å². The quantitative estimate of drug-likeness (QED) is 0.803. The molecule has 110 valence electrons. The second-order valence-electron chi connectivity index (χ2n) is 4.40. The van der Waals surface area contributed by atoms with Gasteiger partial charge in [0.25, 0.3) is 0 Å². The Hall–Kier alpha value is -1.94. The second-order valence-corrected chi connectivity index (χ2v) is 6.15. The molecule has 1 unspecified atom stereocenters. The zero-order valence-electron chi connectivity index (χ0n) is 11.8. The van der Waals surface area contributed by atoms with Crippen molar-refractivity contribution in [3.8, 4) is 11.8 Å². The van der Waals surface area contributed by atoms with Crippen LogP contribution in [0.3, 0.4) is 0 Å². The molecule has 0 heterocycles. The largest absolute Gasteiger partial charge is 0.495 e. The van der Waals surface area contributed by atoms with Gasteiger partial charge in [0.05, 0.1) is 36.7 Å². The van der Waals surface area contributed by atoms with E-state index in [0.717, 1.165) is 12.7 Å². The molecule has 0 aliphatic rings. The first-order valence-corrected chi connectivity index (χ1v) is 8.08. The Kier molecular flexibility index (Phi) is 5.65. The average molecular weight is 297 g/mol. The molecule has 0 aliphatic carbocycles. The first-order valence-electron chi connectivity index (χ1n) is 6.19. The molecule has 1 aromatic rings. The van der Waals surface area contributed by atoms with E-state index in [0.29, 0.717) is 23.7 Å². The van der Waals surface area contributed by atoms with Crippen LogP contribution in [0, 0.1) is 17.2 Å². The summed E-state index contributed by atoms with van der Waals surface area (Å²) in [5.41, 5.74) is 1.09. The number of hydrogen-bond donors (Lipinski definition) is 2. The molecule has 0 saturated heterocycles. The topological polar surface area (TPSA) is 91.2 Å². The SMILES string of the molecule is CCC(C#N)CNc1cc(NS(C)(=O)=O)ccc1OC. The van der Waals surface area contributed by atoms with Gasteiger partial charge in [-0.3, -0.25) is 4.72 Å². The summed E-state index contributed by atoms with van der Waals surface area (Å²) in [4.78, 5) is 0. The Morgan fingerprint density at radius 3 is 2.65 bits per heavy atom. The molecule has 0 amide bonds. The van der Waals surface area contributed by atoms with Gasteiger partial charge in [-0.2, -0.15) is 5.26 Å². The molecule has 0 saturated carbocycles. The van der Waals surface area contributed by atoms with Crippen LogP contribution in [-0.4, -0.2) is 28.3 Å². The van der Waals surface area contributed by atoms with Crippen LogP contribution in [0.15, 0.2) is 18.2 Å². The number of nitrogens with one attached hydrogen (secondary N) is 2. The van der Waals surface area contributed by atoms with Gasteiger partial charge in [-0.1, -0.05) is 6.92 Å². The zero-order valence-corrected chi connectivity index (χ0v) is 12.6. The van der Waals surface area contributed by atoms with Crippen molar-refractivity contribution in [1.29, 1.82) is 5.26 Å². The van der Waals surface area contributed by atoms with E-state index in [1.54, 1.807) is 18.2 Å². The minimum Gasteiger partial charge on any atom is -0.495 e. The van der Waals surface area contributed by atoms with Crippen molar-refractivity contribution in [2.75, 3.05) is 29.9 Å².